The number of H-pyrrole nitrogens is 1. The molecule has 0 aliphatic carbocycles. The minimum absolute atomic E-state index is 0.395. The number of benzene rings is 2. The van der Waals surface area contributed by atoms with E-state index in [0.717, 1.165) is 0 Å². The number of hydrogen-bond donors (Lipinski definition) is 1. The predicted octanol–water partition coefficient (Wildman–Crippen LogP) is 4.93. The molecule has 136 valence electrons. The van der Waals surface area contributed by atoms with E-state index in [2.05, 4.69) is 10.2 Å². The molecule has 0 unspecified atom stereocenters. The molecule has 0 saturated heterocycles. The third-order valence-corrected chi connectivity index (χ3v) is 4.41. The van der Waals surface area contributed by atoms with Gasteiger partial charge in [0.05, 0.1) is 27.0 Å². The summed E-state index contributed by atoms with van der Waals surface area (Å²) in [5.74, 6) is 2.05. The molecular weight excluding hydrogens is 397 g/mol. The van der Waals surface area contributed by atoms with E-state index in [1.165, 1.54) is 0 Å². The molecule has 0 bridgehead atoms. The number of nitrogens with one attached hydrogen (secondary N) is 1. The summed E-state index contributed by atoms with van der Waals surface area (Å²) in [6, 6.07) is 8.72. The summed E-state index contributed by atoms with van der Waals surface area (Å²) < 4.78 is 18.3. The maximum Gasteiger partial charge on any atom is 0.203 e. The molecule has 0 radical (unpaired) electrons. The average Bonchev–Trinajstić information content (AvgIpc) is 3.01. The van der Waals surface area contributed by atoms with Crippen molar-refractivity contribution < 1.29 is 14.2 Å². The van der Waals surface area contributed by atoms with Crippen LogP contribution in [0.2, 0.25) is 10.0 Å². The number of aromatic nitrogens is 3. The van der Waals surface area contributed by atoms with E-state index in [9.17, 15) is 0 Å². The van der Waals surface area contributed by atoms with Crippen LogP contribution in [0, 0.1) is 4.77 Å². The molecule has 2 aromatic carbocycles. The monoisotopic (exact) mass is 411 g/mol. The van der Waals surface area contributed by atoms with Crippen molar-refractivity contribution >= 4 is 35.4 Å². The van der Waals surface area contributed by atoms with E-state index in [4.69, 9.17) is 49.6 Å². The van der Waals surface area contributed by atoms with Gasteiger partial charge in [-0.25, -0.2) is 0 Å². The van der Waals surface area contributed by atoms with Crippen LogP contribution in [0.4, 0.5) is 0 Å². The Kier molecular flexibility index (Phi) is 5.41. The van der Waals surface area contributed by atoms with Gasteiger partial charge in [0.2, 0.25) is 5.75 Å². The molecule has 6 nitrogen and oxygen atoms in total. The topological polar surface area (TPSA) is 61.3 Å². The largest absolute Gasteiger partial charge is 0.493 e. The van der Waals surface area contributed by atoms with Crippen molar-refractivity contribution in [2.24, 2.45) is 0 Å². The Bertz CT molecular complexity index is 971. The molecule has 0 amide bonds. The quantitative estimate of drug-likeness (QED) is 0.603. The lowest BCUT2D eigenvalue weighted by Crippen LogP contribution is -2.00. The Hall–Kier alpha value is -2.22. The van der Waals surface area contributed by atoms with Gasteiger partial charge in [-0.3, -0.25) is 9.67 Å². The van der Waals surface area contributed by atoms with Gasteiger partial charge >= 0.3 is 0 Å². The number of methoxy groups -OCH3 is 3. The van der Waals surface area contributed by atoms with Crippen LogP contribution in [0.3, 0.4) is 0 Å². The molecule has 0 spiro atoms. The molecule has 1 N–H and O–H groups in total. The van der Waals surface area contributed by atoms with Crippen molar-refractivity contribution in [1.29, 1.82) is 0 Å². The Labute approximate surface area is 165 Å². The van der Waals surface area contributed by atoms with Gasteiger partial charge < -0.3 is 14.2 Å². The minimum atomic E-state index is 0.395. The van der Waals surface area contributed by atoms with Gasteiger partial charge in [-0.15, -0.1) is 0 Å². The Morgan fingerprint density at radius 3 is 2.00 bits per heavy atom. The predicted molar refractivity (Wildman–Crippen MR) is 104 cm³/mol. The van der Waals surface area contributed by atoms with Gasteiger partial charge in [0.1, 0.15) is 0 Å². The molecule has 0 aliphatic rings. The first-order valence-corrected chi connectivity index (χ1v) is 8.59. The first-order chi connectivity index (χ1) is 12.5. The fourth-order valence-corrected chi connectivity index (χ4v) is 3.36. The smallest absolute Gasteiger partial charge is 0.203 e. The maximum atomic E-state index is 6.13. The lowest BCUT2D eigenvalue weighted by atomic mass is 10.1. The van der Waals surface area contributed by atoms with Gasteiger partial charge in [-0.1, -0.05) is 23.2 Å². The van der Waals surface area contributed by atoms with Crippen LogP contribution >= 0.6 is 35.4 Å². The normalized spacial score (nSPS) is 10.7. The van der Waals surface area contributed by atoms with Crippen LogP contribution < -0.4 is 14.2 Å². The third-order valence-electron chi connectivity index (χ3n) is 3.70. The van der Waals surface area contributed by atoms with E-state index in [1.807, 2.05) is 0 Å². The summed E-state index contributed by atoms with van der Waals surface area (Å²) in [5, 5.41) is 8.11. The SMILES string of the molecule is COc1cc(-c2n[nH]c(=S)n2-c2cc(Cl)cc(Cl)c2)cc(OC)c1OC. The van der Waals surface area contributed by atoms with Gasteiger partial charge in [-0.05, 0) is 42.5 Å². The van der Waals surface area contributed by atoms with Gasteiger partial charge in [-0.2, -0.15) is 5.10 Å². The molecule has 26 heavy (non-hydrogen) atoms. The van der Waals surface area contributed by atoms with E-state index in [1.54, 1.807) is 56.2 Å². The number of halogens is 2. The molecule has 0 fully saturated rings. The summed E-state index contributed by atoms with van der Waals surface area (Å²) >= 11 is 17.7. The van der Waals surface area contributed by atoms with Crippen molar-refractivity contribution in [2.45, 2.75) is 0 Å². The molecule has 3 rings (SSSR count). The van der Waals surface area contributed by atoms with Crippen molar-refractivity contribution in [1.82, 2.24) is 14.8 Å². The fourth-order valence-electron chi connectivity index (χ4n) is 2.61. The second-order valence-electron chi connectivity index (χ2n) is 5.23. The highest BCUT2D eigenvalue weighted by atomic mass is 35.5. The van der Waals surface area contributed by atoms with E-state index in [-0.39, 0.29) is 0 Å². The summed E-state index contributed by atoms with van der Waals surface area (Å²) in [6.45, 7) is 0. The molecule has 0 aliphatic heterocycles. The van der Waals surface area contributed by atoms with Crippen molar-refractivity contribution in [3.05, 3.63) is 45.1 Å². The molecule has 0 saturated carbocycles. The second kappa shape index (κ2) is 7.57. The zero-order valence-electron chi connectivity index (χ0n) is 14.2. The Balaban J connectivity index is 2.25. The van der Waals surface area contributed by atoms with Crippen LogP contribution in [0.5, 0.6) is 17.2 Å². The highest BCUT2D eigenvalue weighted by Crippen LogP contribution is 2.41. The molecular formula is C17H15Cl2N3O3S. The highest BCUT2D eigenvalue weighted by Gasteiger charge is 2.18. The van der Waals surface area contributed by atoms with Gasteiger partial charge in [0, 0.05) is 15.6 Å². The summed E-state index contributed by atoms with van der Waals surface area (Å²) in [5.41, 5.74) is 1.40. The number of hydrogen-bond acceptors (Lipinski definition) is 5. The van der Waals surface area contributed by atoms with Crippen LogP contribution in [0.25, 0.3) is 17.1 Å². The first kappa shape index (κ1) is 18.6. The molecule has 3 aromatic rings. The van der Waals surface area contributed by atoms with E-state index in [0.29, 0.717) is 49.1 Å². The van der Waals surface area contributed by atoms with Gasteiger partial charge in [0.15, 0.2) is 22.1 Å². The van der Waals surface area contributed by atoms with Crippen molar-refractivity contribution in [2.75, 3.05) is 21.3 Å². The van der Waals surface area contributed by atoms with Crippen LogP contribution in [-0.2, 0) is 0 Å². The van der Waals surface area contributed by atoms with E-state index >= 15 is 0 Å². The lowest BCUT2D eigenvalue weighted by Gasteiger charge is -2.14. The fraction of sp³-hybridized carbons (Fsp3) is 0.176. The number of ether oxygens (including phenoxy) is 3. The number of aromatic amines is 1. The van der Waals surface area contributed by atoms with Gasteiger partial charge in [0.25, 0.3) is 0 Å². The van der Waals surface area contributed by atoms with Crippen LogP contribution in [0.15, 0.2) is 30.3 Å². The van der Waals surface area contributed by atoms with Crippen molar-refractivity contribution in [3.8, 4) is 34.3 Å². The van der Waals surface area contributed by atoms with Crippen LogP contribution in [-0.4, -0.2) is 36.1 Å². The third kappa shape index (κ3) is 3.38. The number of rotatable bonds is 5. The second-order valence-corrected chi connectivity index (χ2v) is 6.49. The summed E-state index contributed by atoms with van der Waals surface area (Å²) in [4.78, 5) is 0. The van der Waals surface area contributed by atoms with Crippen molar-refractivity contribution in [3.63, 3.8) is 0 Å². The molecule has 1 aromatic heterocycles. The standard InChI is InChI=1S/C17H15Cl2N3O3S/c1-23-13-4-9(5-14(24-2)15(13)25-3)16-20-21-17(26)22(16)12-7-10(18)6-11(19)8-12/h4-8H,1-3H3,(H,21,26). The average molecular weight is 412 g/mol. The molecule has 1 heterocycles. The first-order valence-electron chi connectivity index (χ1n) is 7.42. The highest BCUT2D eigenvalue weighted by molar-refractivity contribution is 7.71. The lowest BCUT2D eigenvalue weighted by molar-refractivity contribution is 0.324. The molecule has 0 atom stereocenters. The molecule has 9 heteroatoms. The summed E-state index contributed by atoms with van der Waals surface area (Å²) in [6.07, 6.45) is 0. The van der Waals surface area contributed by atoms with Crippen LogP contribution in [0.1, 0.15) is 0 Å². The Morgan fingerprint density at radius 2 is 1.50 bits per heavy atom. The minimum Gasteiger partial charge on any atom is -0.493 e. The Morgan fingerprint density at radius 1 is 0.923 bits per heavy atom. The number of nitrogens with zero attached hydrogens (tertiary/aromatic N) is 2. The zero-order chi connectivity index (χ0) is 18.8. The van der Waals surface area contributed by atoms with E-state index < -0.39 is 0 Å². The summed E-state index contributed by atoms with van der Waals surface area (Å²) in [7, 11) is 4.65. The maximum absolute atomic E-state index is 6.13. The zero-order valence-corrected chi connectivity index (χ0v) is 16.5.